The van der Waals surface area contributed by atoms with Gasteiger partial charge in [0, 0.05) is 44.3 Å². The van der Waals surface area contributed by atoms with Crippen LogP contribution in [0.3, 0.4) is 0 Å². The lowest BCUT2D eigenvalue weighted by Gasteiger charge is -2.32. The van der Waals surface area contributed by atoms with Gasteiger partial charge in [0.2, 0.25) is 5.95 Å². The second-order valence-corrected chi connectivity index (χ2v) is 8.28. The third-order valence-electron chi connectivity index (χ3n) is 5.81. The molecule has 2 aliphatic rings. The first kappa shape index (κ1) is 18.1. The van der Waals surface area contributed by atoms with Crippen molar-refractivity contribution < 1.29 is 9.90 Å². The Hall–Kier alpha value is -1.73. The second-order valence-electron chi connectivity index (χ2n) is 8.28. The van der Waals surface area contributed by atoms with Gasteiger partial charge in [0.05, 0.1) is 23.4 Å². The van der Waals surface area contributed by atoms with Gasteiger partial charge in [0.25, 0.3) is 5.91 Å². The van der Waals surface area contributed by atoms with E-state index in [0.717, 1.165) is 26.2 Å². The average molecular weight is 347 g/mol. The molecule has 1 atom stereocenters. The van der Waals surface area contributed by atoms with E-state index in [2.05, 4.69) is 26.8 Å². The quantitative estimate of drug-likeness (QED) is 0.852. The SMILES string of the molecule is Cc1nc(N2CCN(C)CC2)ncc1C(=O)N1CC(C)(C)[C@@](C)(O)C1. The van der Waals surface area contributed by atoms with E-state index in [9.17, 15) is 9.90 Å². The highest BCUT2D eigenvalue weighted by Crippen LogP contribution is 2.39. The molecule has 138 valence electrons. The Kier molecular flexibility index (Phi) is 4.49. The molecular formula is C18H29N5O2. The summed E-state index contributed by atoms with van der Waals surface area (Å²) in [5.74, 6) is 0.587. The number of likely N-dealkylation sites (N-methyl/N-ethyl adjacent to an activating group) is 1. The van der Waals surface area contributed by atoms with Crippen LogP contribution in [0.4, 0.5) is 5.95 Å². The largest absolute Gasteiger partial charge is 0.388 e. The summed E-state index contributed by atoms with van der Waals surface area (Å²) in [4.78, 5) is 28.0. The number of rotatable bonds is 2. The molecule has 1 aromatic rings. The zero-order valence-corrected chi connectivity index (χ0v) is 15.9. The molecule has 0 saturated carbocycles. The molecule has 0 unspecified atom stereocenters. The molecular weight excluding hydrogens is 318 g/mol. The highest BCUT2D eigenvalue weighted by atomic mass is 16.3. The fourth-order valence-corrected chi connectivity index (χ4v) is 3.43. The first-order valence-corrected chi connectivity index (χ1v) is 8.89. The van der Waals surface area contributed by atoms with Gasteiger partial charge in [-0.2, -0.15) is 0 Å². The number of nitrogens with zero attached hydrogens (tertiary/aromatic N) is 5. The van der Waals surface area contributed by atoms with Crippen LogP contribution in [0, 0.1) is 12.3 Å². The van der Waals surface area contributed by atoms with Gasteiger partial charge in [-0.25, -0.2) is 9.97 Å². The van der Waals surface area contributed by atoms with Crippen molar-refractivity contribution in [2.24, 2.45) is 5.41 Å². The van der Waals surface area contributed by atoms with E-state index in [4.69, 9.17) is 0 Å². The van der Waals surface area contributed by atoms with Crippen molar-refractivity contribution in [3.63, 3.8) is 0 Å². The van der Waals surface area contributed by atoms with Gasteiger partial charge in [-0.15, -0.1) is 0 Å². The molecule has 0 radical (unpaired) electrons. The fourth-order valence-electron chi connectivity index (χ4n) is 3.43. The van der Waals surface area contributed by atoms with E-state index in [1.165, 1.54) is 0 Å². The minimum absolute atomic E-state index is 0.103. The van der Waals surface area contributed by atoms with Gasteiger partial charge in [-0.05, 0) is 20.9 Å². The molecule has 0 bridgehead atoms. The van der Waals surface area contributed by atoms with Crippen molar-refractivity contribution in [2.75, 3.05) is 51.2 Å². The van der Waals surface area contributed by atoms with Crippen molar-refractivity contribution in [1.82, 2.24) is 19.8 Å². The smallest absolute Gasteiger partial charge is 0.257 e. The van der Waals surface area contributed by atoms with Gasteiger partial charge in [-0.1, -0.05) is 13.8 Å². The van der Waals surface area contributed by atoms with E-state index < -0.39 is 5.60 Å². The van der Waals surface area contributed by atoms with E-state index in [0.29, 0.717) is 30.3 Å². The summed E-state index contributed by atoms with van der Waals surface area (Å²) in [5.41, 5.74) is -0.0152. The molecule has 0 aliphatic carbocycles. The second kappa shape index (κ2) is 6.21. The summed E-state index contributed by atoms with van der Waals surface area (Å²) in [7, 11) is 2.11. The first-order valence-electron chi connectivity index (χ1n) is 8.89. The number of hydrogen-bond donors (Lipinski definition) is 1. The summed E-state index contributed by atoms with van der Waals surface area (Å²) < 4.78 is 0. The minimum Gasteiger partial charge on any atom is -0.388 e. The van der Waals surface area contributed by atoms with E-state index in [-0.39, 0.29) is 11.3 Å². The number of β-amino-alcohol motifs (C(OH)–C–C–N with tert-alkyl or cyclic N) is 1. The van der Waals surface area contributed by atoms with E-state index in [1.54, 1.807) is 18.0 Å². The number of aromatic nitrogens is 2. The Bertz CT molecular complexity index is 649. The molecule has 25 heavy (non-hydrogen) atoms. The number of likely N-dealkylation sites (tertiary alicyclic amines) is 1. The van der Waals surface area contributed by atoms with Crippen molar-refractivity contribution in [3.05, 3.63) is 17.5 Å². The van der Waals surface area contributed by atoms with Gasteiger partial charge in [0.1, 0.15) is 0 Å². The molecule has 3 rings (SSSR count). The van der Waals surface area contributed by atoms with Crippen LogP contribution in [0.25, 0.3) is 0 Å². The lowest BCUT2D eigenvalue weighted by atomic mass is 9.79. The average Bonchev–Trinajstić information content (AvgIpc) is 2.75. The molecule has 3 heterocycles. The summed E-state index contributed by atoms with van der Waals surface area (Å²) >= 11 is 0. The summed E-state index contributed by atoms with van der Waals surface area (Å²) in [5, 5.41) is 10.6. The van der Waals surface area contributed by atoms with Crippen molar-refractivity contribution >= 4 is 11.9 Å². The van der Waals surface area contributed by atoms with Crippen LogP contribution < -0.4 is 4.90 Å². The normalized spacial score (nSPS) is 27.0. The van der Waals surface area contributed by atoms with Crippen LogP contribution in [0.2, 0.25) is 0 Å². The summed E-state index contributed by atoms with van der Waals surface area (Å²) in [6.07, 6.45) is 1.64. The lowest BCUT2D eigenvalue weighted by Crippen LogP contribution is -2.45. The number of aryl methyl sites for hydroxylation is 1. The van der Waals surface area contributed by atoms with Crippen molar-refractivity contribution in [3.8, 4) is 0 Å². The number of carbonyl (C=O) groups excluding carboxylic acids is 1. The number of piperazine rings is 1. The molecule has 1 amide bonds. The molecule has 7 heteroatoms. The fraction of sp³-hybridized carbons (Fsp3) is 0.722. The number of carbonyl (C=O) groups is 1. The predicted molar refractivity (Wildman–Crippen MR) is 96.8 cm³/mol. The summed E-state index contributed by atoms with van der Waals surface area (Å²) in [6.45, 7) is 12.2. The number of anilines is 1. The minimum atomic E-state index is -0.892. The molecule has 0 aromatic carbocycles. The van der Waals surface area contributed by atoms with Gasteiger partial charge in [-0.3, -0.25) is 4.79 Å². The Morgan fingerprint density at radius 2 is 1.80 bits per heavy atom. The topological polar surface area (TPSA) is 72.8 Å². The molecule has 2 saturated heterocycles. The zero-order valence-electron chi connectivity index (χ0n) is 15.9. The highest BCUT2D eigenvalue weighted by molar-refractivity contribution is 5.95. The molecule has 2 fully saturated rings. The van der Waals surface area contributed by atoms with Crippen LogP contribution >= 0.6 is 0 Å². The molecule has 0 spiro atoms. The van der Waals surface area contributed by atoms with Crippen LogP contribution in [0.15, 0.2) is 6.20 Å². The lowest BCUT2D eigenvalue weighted by molar-refractivity contribution is -0.0108. The van der Waals surface area contributed by atoms with Gasteiger partial charge in [0.15, 0.2) is 0 Å². The zero-order chi connectivity index (χ0) is 18.4. The predicted octanol–water partition coefficient (Wildman–Crippen LogP) is 0.770. The maximum atomic E-state index is 12.9. The Balaban J connectivity index is 1.76. The molecule has 1 N–H and O–H groups in total. The Labute approximate surface area is 149 Å². The maximum absolute atomic E-state index is 12.9. The van der Waals surface area contributed by atoms with Crippen molar-refractivity contribution in [1.29, 1.82) is 0 Å². The standard InChI is InChI=1S/C18H29N5O2/c1-13-14(15(24)23-11-17(2,3)18(4,25)12-23)10-19-16(20-13)22-8-6-21(5)7-9-22/h10,25H,6-9,11-12H2,1-5H3/t18-/m0/s1. The Morgan fingerprint density at radius 1 is 1.16 bits per heavy atom. The summed E-state index contributed by atoms with van der Waals surface area (Å²) in [6, 6.07) is 0. The number of amides is 1. The monoisotopic (exact) mass is 347 g/mol. The Morgan fingerprint density at radius 3 is 2.32 bits per heavy atom. The van der Waals surface area contributed by atoms with Crippen LogP contribution in [0.5, 0.6) is 0 Å². The number of aliphatic hydroxyl groups is 1. The highest BCUT2D eigenvalue weighted by Gasteiger charge is 2.49. The third kappa shape index (κ3) is 3.35. The van der Waals surface area contributed by atoms with E-state index in [1.807, 2.05) is 20.8 Å². The molecule has 2 aliphatic heterocycles. The van der Waals surface area contributed by atoms with Crippen molar-refractivity contribution in [2.45, 2.75) is 33.3 Å². The molecule has 1 aromatic heterocycles. The van der Waals surface area contributed by atoms with Crippen LogP contribution in [-0.2, 0) is 0 Å². The first-order chi connectivity index (χ1) is 11.6. The van der Waals surface area contributed by atoms with E-state index >= 15 is 0 Å². The molecule has 7 nitrogen and oxygen atoms in total. The van der Waals surface area contributed by atoms with Gasteiger partial charge < -0.3 is 19.8 Å². The van der Waals surface area contributed by atoms with Gasteiger partial charge >= 0.3 is 0 Å². The van der Waals surface area contributed by atoms with Crippen LogP contribution in [-0.4, -0.2) is 82.7 Å². The third-order valence-corrected chi connectivity index (χ3v) is 5.81. The maximum Gasteiger partial charge on any atom is 0.257 e. The number of hydrogen-bond acceptors (Lipinski definition) is 6. The van der Waals surface area contributed by atoms with Crippen LogP contribution in [0.1, 0.15) is 36.8 Å².